The maximum Gasteiger partial charge on any atom is 0.256 e. The van der Waals surface area contributed by atoms with E-state index >= 15 is 0 Å². The second-order valence-corrected chi connectivity index (χ2v) is 11.9. The van der Waals surface area contributed by atoms with E-state index in [1.807, 2.05) is 18.2 Å². The third-order valence-corrected chi connectivity index (χ3v) is 8.43. The molecule has 0 saturated carbocycles. The summed E-state index contributed by atoms with van der Waals surface area (Å²) in [5.41, 5.74) is 3.54. The van der Waals surface area contributed by atoms with Gasteiger partial charge in [-0.1, -0.05) is 29.8 Å². The molecule has 0 bridgehead atoms. The lowest BCUT2D eigenvalue weighted by atomic mass is 9.81. The van der Waals surface area contributed by atoms with Crippen molar-refractivity contribution in [2.24, 2.45) is 0 Å². The number of rotatable bonds is 3. The van der Waals surface area contributed by atoms with Gasteiger partial charge in [0, 0.05) is 32.1 Å². The van der Waals surface area contributed by atoms with Crippen LogP contribution >= 0.6 is 34.3 Å². The highest BCUT2D eigenvalue weighted by Crippen LogP contribution is 2.50. The van der Waals surface area contributed by atoms with Crippen LogP contribution in [0.2, 0.25) is 5.02 Å². The highest BCUT2D eigenvalue weighted by Gasteiger charge is 2.41. The first-order valence-electron chi connectivity index (χ1n) is 10.5. The number of benzene rings is 2. The zero-order valence-electron chi connectivity index (χ0n) is 18.4. The first kappa shape index (κ1) is 21.6. The van der Waals surface area contributed by atoms with Crippen molar-refractivity contribution in [2.45, 2.75) is 45.2 Å². The minimum absolute atomic E-state index is 0.0722. The van der Waals surface area contributed by atoms with Crippen molar-refractivity contribution in [3.63, 3.8) is 0 Å². The number of halogens is 1. The Hall–Kier alpha value is -2.25. The van der Waals surface area contributed by atoms with Crippen LogP contribution in [0.15, 0.2) is 48.5 Å². The van der Waals surface area contributed by atoms with Crippen LogP contribution in [0.4, 0.5) is 5.00 Å². The summed E-state index contributed by atoms with van der Waals surface area (Å²) in [7, 11) is 0. The first-order chi connectivity index (χ1) is 15.1. The van der Waals surface area contributed by atoms with Crippen LogP contribution in [-0.4, -0.2) is 16.4 Å². The van der Waals surface area contributed by atoms with E-state index in [1.165, 1.54) is 10.4 Å². The number of carbonyl (C=O) groups excluding carboxylic acids is 1. The quantitative estimate of drug-likeness (QED) is 0.328. The van der Waals surface area contributed by atoms with Gasteiger partial charge in [-0.15, -0.1) is 22.7 Å². The Morgan fingerprint density at radius 1 is 1.09 bits per heavy atom. The zero-order valence-corrected chi connectivity index (χ0v) is 20.8. The largest absolute Gasteiger partial charge is 0.313 e. The van der Waals surface area contributed by atoms with Crippen LogP contribution in [-0.2, 0) is 12.0 Å². The molecule has 4 nitrogen and oxygen atoms in total. The number of anilines is 1. The van der Waals surface area contributed by atoms with E-state index in [9.17, 15) is 4.79 Å². The van der Waals surface area contributed by atoms with Crippen molar-refractivity contribution in [3.05, 3.63) is 69.6 Å². The van der Waals surface area contributed by atoms with Crippen LogP contribution in [0.1, 0.15) is 48.5 Å². The molecule has 1 aliphatic rings. The molecular weight excluding hydrogens is 458 g/mol. The van der Waals surface area contributed by atoms with Gasteiger partial charge in [-0.3, -0.25) is 4.79 Å². The monoisotopic (exact) mass is 481 g/mol. The maximum absolute atomic E-state index is 13.1. The lowest BCUT2D eigenvalue weighted by Gasteiger charge is -2.42. The summed E-state index contributed by atoms with van der Waals surface area (Å²) in [5, 5.41) is 9.27. The number of nitrogens with one attached hydrogen (secondary N) is 2. The van der Waals surface area contributed by atoms with Gasteiger partial charge in [-0.25, -0.2) is 4.98 Å². The SMILES string of the molecule is CC1(C)Cc2c(sc(NC(=O)c3cccc(Cl)c3)c2-c2nc3ccccc3s2)C(C)(C)N1. The Bertz CT molecular complexity index is 1320. The van der Waals surface area contributed by atoms with Crippen molar-refractivity contribution in [2.75, 3.05) is 5.32 Å². The predicted octanol–water partition coefficient (Wildman–Crippen LogP) is 7.09. The summed E-state index contributed by atoms with van der Waals surface area (Å²) >= 11 is 9.43. The number of thiophene rings is 1. The molecule has 0 unspecified atom stereocenters. The molecule has 5 rings (SSSR count). The molecule has 0 aliphatic carbocycles. The van der Waals surface area contributed by atoms with Gasteiger partial charge in [0.15, 0.2) is 0 Å². The molecule has 0 radical (unpaired) electrons. The van der Waals surface area contributed by atoms with E-state index in [0.717, 1.165) is 32.2 Å². The minimum atomic E-state index is -0.216. The van der Waals surface area contributed by atoms with E-state index in [2.05, 4.69) is 44.4 Å². The van der Waals surface area contributed by atoms with Gasteiger partial charge in [0.25, 0.3) is 5.91 Å². The fraction of sp³-hybridized carbons (Fsp3) is 0.280. The average molecular weight is 482 g/mol. The van der Waals surface area contributed by atoms with Crippen LogP contribution < -0.4 is 10.6 Å². The number of hydrogen-bond donors (Lipinski definition) is 2. The highest BCUT2D eigenvalue weighted by atomic mass is 35.5. The van der Waals surface area contributed by atoms with E-state index in [-0.39, 0.29) is 17.0 Å². The van der Waals surface area contributed by atoms with E-state index in [4.69, 9.17) is 16.6 Å². The molecule has 0 fully saturated rings. The fourth-order valence-corrected chi connectivity index (χ4v) is 7.20. The van der Waals surface area contributed by atoms with Crippen molar-refractivity contribution in [1.82, 2.24) is 10.3 Å². The van der Waals surface area contributed by atoms with Gasteiger partial charge in [-0.2, -0.15) is 0 Å². The normalized spacial score (nSPS) is 16.7. The molecule has 164 valence electrons. The van der Waals surface area contributed by atoms with E-state index in [1.54, 1.807) is 46.9 Å². The maximum atomic E-state index is 13.1. The Kier molecular flexibility index (Phi) is 5.17. The summed E-state index contributed by atoms with van der Waals surface area (Å²) in [6.45, 7) is 8.85. The van der Waals surface area contributed by atoms with Crippen LogP contribution in [0, 0.1) is 0 Å². The molecule has 1 amide bonds. The first-order valence-corrected chi connectivity index (χ1v) is 12.5. The van der Waals surface area contributed by atoms with Crippen molar-refractivity contribution in [1.29, 1.82) is 0 Å². The average Bonchev–Trinajstić information content (AvgIpc) is 3.27. The smallest absolute Gasteiger partial charge is 0.256 e. The molecule has 3 heterocycles. The standard InChI is InChI=1S/C25H24ClN3OS2/c1-24(2)13-16-19(22-27-17-10-5-6-11-18(17)31-22)23(32-20(16)25(3,4)29-24)28-21(30)14-8-7-9-15(26)12-14/h5-12,29H,13H2,1-4H3,(H,28,30). The number of aromatic nitrogens is 1. The molecule has 0 saturated heterocycles. The number of amides is 1. The van der Waals surface area contributed by atoms with Gasteiger partial charge >= 0.3 is 0 Å². The summed E-state index contributed by atoms with van der Waals surface area (Å²) in [4.78, 5) is 19.3. The number of fused-ring (bicyclic) bond motifs is 2. The van der Waals surface area contributed by atoms with Crippen LogP contribution in [0.3, 0.4) is 0 Å². The number of carbonyl (C=O) groups is 1. The fourth-order valence-electron chi connectivity index (χ4n) is 4.63. The molecule has 2 N–H and O–H groups in total. The van der Waals surface area contributed by atoms with Gasteiger partial charge in [-0.05, 0) is 70.0 Å². The second kappa shape index (κ2) is 7.66. The summed E-state index contributed by atoms with van der Waals surface area (Å²) < 4.78 is 1.14. The number of hydrogen-bond acceptors (Lipinski definition) is 5. The van der Waals surface area contributed by atoms with Gasteiger partial charge < -0.3 is 10.6 Å². The summed E-state index contributed by atoms with van der Waals surface area (Å²) in [6.07, 6.45) is 0.862. The predicted molar refractivity (Wildman–Crippen MR) is 136 cm³/mol. The van der Waals surface area contributed by atoms with Crippen molar-refractivity contribution < 1.29 is 4.79 Å². The second-order valence-electron chi connectivity index (χ2n) is 9.38. The Morgan fingerprint density at radius 3 is 2.62 bits per heavy atom. The molecule has 0 atom stereocenters. The lowest BCUT2D eigenvalue weighted by molar-refractivity contribution is 0.102. The Balaban J connectivity index is 1.68. The topological polar surface area (TPSA) is 54.0 Å². The molecule has 0 spiro atoms. The van der Waals surface area contributed by atoms with Crippen molar-refractivity contribution >= 4 is 55.4 Å². The third-order valence-electron chi connectivity index (χ3n) is 5.67. The number of nitrogens with zero attached hydrogens (tertiary/aromatic N) is 1. The zero-order chi connectivity index (χ0) is 22.7. The van der Waals surface area contributed by atoms with Crippen LogP contribution in [0.25, 0.3) is 20.8 Å². The van der Waals surface area contributed by atoms with E-state index < -0.39 is 0 Å². The third kappa shape index (κ3) is 3.86. The molecular formula is C25H24ClN3OS2. The van der Waals surface area contributed by atoms with Crippen LogP contribution in [0.5, 0.6) is 0 Å². The van der Waals surface area contributed by atoms with Gasteiger partial charge in [0.2, 0.25) is 0 Å². The minimum Gasteiger partial charge on any atom is -0.313 e. The molecule has 2 aromatic heterocycles. The highest BCUT2D eigenvalue weighted by molar-refractivity contribution is 7.23. The van der Waals surface area contributed by atoms with Gasteiger partial charge in [0.1, 0.15) is 10.0 Å². The lowest BCUT2D eigenvalue weighted by Crippen LogP contribution is -2.54. The van der Waals surface area contributed by atoms with Gasteiger partial charge in [0.05, 0.1) is 10.2 Å². The summed E-state index contributed by atoms with van der Waals surface area (Å²) in [6, 6.07) is 15.2. The van der Waals surface area contributed by atoms with E-state index in [0.29, 0.717) is 10.6 Å². The molecule has 2 aromatic carbocycles. The summed E-state index contributed by atoms with van der Waals surface area (Å²) in [5.74, 6) is -0.168. The van der Waals surface area contributed by atoms with Crippen molar-refractivity contribution in [3.8, 4) is 10.6 Å². The molecule has 32 heavy (non-hydrogen) atoms. The number of thiazole rings is 1. The molecule has 4 aromatic rings. The molecule has 7 heteroatoms. The Labute approximate surface area is 200 Å². The Morgan fingerprint density at radius 2 is 1.88 bits per heavy atom. The number of para-hydroxylation sites is 1. The molecule has 1 aliphatic heterocycles.